The molecule has 0 saturated carbocycles. The van der Waals surface area contributed by atoms with Gasteiger partial charge >= 0.3 is 5.97 Å². The summed E-state index contributed by atoms with van der Waals surface area (Å²) in [5.74, 6) is -1.17. The minimum absolute atomic E-state index is 0. The fourth-order valence-corrected chi connectivity index (χ4v) is 1.53. The van der Waals surface area contributed by atoms with Gasteiger partial charge < -0.3 is 15.8 Å². The zero-order valence-corrected chi connectivity index (χ0v) is 12.1. The van der Waals surface area contributed by atoms with Crippen molar-refractivity contribution in [1.82, 2.24) is 0 Å². The van der Waals surface area contributed by atoms with Gasteiger partial charge in [-0.1, -0.05) is 12.1 Å². The fraction of sp³-hybridized carbons (Fsp3) is 0.385. The van der Waals surface area contributed by atoms with Crippen LogP contribution in [0, 0.1) is 0 Å². The Balaban J connectivity index is 0.00000361. The van der Waals surface area contributed by atoms with Crippen LogP contribution < -0.4 is 11.1 Å². The number of carbonyl (C=O) groups is 2. The predicted molar refractivity (Wildman–Crippen MR) is 76.5 cm³/mol. The molecule has 112 valence electrons. The summed E-state index contributed by atoms with van der Waals surface area (Å²) in [5, 5.41) is 2.58. The van der Waals surface area contributed by atoms with Crippen molar-refractivity contribution in [3.8, 4) is 0 Å². The molecule has 20 heavy (non-hydrogen) atoms. The van der Waals surface area contributed by atoms with E-state index in [4.69, 9.17) is 5.73 Å². The molecular formula is C13H18ClFN2O3. The molecule has 0 radical (unpaired) electrons. The Kier molecular flexibility index (Phi) is 7.79. The lowest BCUT2D eigenvalue weighted by Crippen LogP contribution is -2.31. The number of hydrogen-bond acceptors (Lipinski definition) is 4. The molecule has 1 aromatic rings. The molecule has 7 heteroatoms. The van der Waals surface area contributed by atoms with Crippen LogP contribution in [0.5, 0.6) is 0 Å². The number of anilines is 1. The molecule has 0 bridgehead atoms. The average molecular weight is 305 g/mol. The summed E-state index contributed by atoms with van der Waals surface area (Å²) in [7, 11) is 0. The van der Waals surface area contributed by atoms with Crippen molar-refractivity contribution in [2.45, 2.75) is 26.1 Å². The molecule has 0 aliphatic carbocycles. The number of hydrogen-bond donors (Lipinski definition) is 2. The van der Waals surface area contributed by atoms with Gasteiger partial charge in [-0.15, -0.1) is 12.4 Å². The SMILES string of the molecule is CCOC(=O)C(F)[C@@H](N)c1ccc(NC(C)=O)cc1.Cl. The maximum Gasteiger partial charge on any atom is 0.342 e. The number of carbonyl (C=O) groups excluding carboxylic acids is 2. The number of benzene rings is 1. The lowest BCUT2D eigenvalue weighted by atomic mass is 10.0. The van der Waals surface area contributed by atoms with Gasteiger partial charge in [0.2, 0.25) is 12.1 Å². The summed E-state index contributed by atoms with van der Waals surface area (Å²) in [5.41, 5.74) is 6.69. The first-order chi connectivity index (χ1) is 8.95. The van der Waals surface area contributed by atoms with E-state index < -0.39 is 18.2 Å². The van der Waals surface area contributed by atoms with Gasteiger partial charge in [-0.3, -0.25) is 4.79 Å². The van der Waals surface area contributed by atoms with Crippen molar-refractivity contribution in [1.29, 1.82) is 0 Å². The zero-order valence-electron chi connectivity index (χ0n) is 11.3. The van der Waals surface area contributed by atoms with E-state index in [9.17, 15) is 14.0 Å². The highest BCUT2D eigenvalue weighted by atomic mass is 35.5. The molecule has 1 aromatic carbocycles. The lowest BCUT2D eigenvalue weighted by Gasteiger charge is -2.16. The number of nitrogens with two attached hydrogens (primary N) is 1. The first-order valence-electron chi connectivity index (χ1n) is 5.89. The number of nitrogens with one attached hydrogen (secondary N) is 1. The van der Waals surface area contributed by atoms with Crippen LogP contribution in [0.3, 0.4) is 0 Å². The van der Waals surface area contributed by atoms with Gasteiger partial charge in [-0.2, -0.15) is 0 Å². The molecule has 3 N–H and O–H groups in total. The van der Waals surface area contributed by atoms with Gasteiger partial charge in [0.1, 0.15) is 0 Å². The Morgan fingerprint density at radius 2 is 1.90 bits per heavy atom. The largest absolute Gasteiger partial charge is 0.464 e. The first kappa shape index (κ1) is 18.3. The molecule has 0 heterocycles. The summed E-state index contributed by atoms with van der Waals surface area (Å²) in [4.78, 5) is 22.1. The summed E-state index contributed by atoms with van der Waals surface area (Å²) in [6.07, 6.45) is -1.91. The molecule has 0 aromatic heterocycles. The molecule has 1 rings (SSSR count). The Hall–Kier alpha value is -1.66. The van der Waals surface area contributed by atoms with E-state index >= 15 is 0 Å². The third kappa shape index (κ3) is 5.14. The van der Waals surface area contributed by atoms with Gasteiger partial charge in [0.05, 0.1) is 12.6 Å². The minimum atomic E-state index is -1.91. The highest BCUT2D eigenvalue weighted by molar-refractivity contribution is 5.88. The van der Waals surface area contributed by atoms with Gasteiger partial charge in [0.25, 0.3) is 0 Å². The van der Waals surface area contributed by atoms with Gasteiger partial charge in [0, 0.05) is 12.6 Å². The van der Waals surface area contributed by atoms with E-state index in [1.54, 1.807) is 31.2 Å². The fourth-order valence-electron chi connectivity index (χ4n) is 1.53. The van der Waals surface area contributed by atoms with E-state index in [2.05, 4.69) is 10.1 Å². The van der Waals surface area contributed by atoms with Gasteiger partial charge in [-0.25, -0.2) is 9.18 Å². The molecule has 0 aliphatic heterocycles. The summed E-state index contributed by atoms with van der Waals surface area (Å²) >= 11 is 0. The molecule has 0 aliphatic rings. The highest BCUT2D eigenvalue weighted by Gasteiger charge is 2.27. The topological polar surface area (TPSA) is 81.4 Å². The van der Waals surface area contributed by atoms with Crippen molar-refractivity contribution in [3.63, 3.8) is 0 Å². The number of halogens is 2. The van der Waals surface area contributed by atoms with E-state index in [0.717, 1.165) is 0 Å². The van der Waals surface area contributed by atoms with Crippen LogP contribution >= 0.6 is 12.4 Å². The monoisotopic (exact) mass is 304 g/mol. The van der Waals surface area contributed by atoms with Gasteiger partial charge in [0.15, 0.2) is 0 Å². The quantitative estimate of drug-likeness (QED) is 0.815. The van der Waals surface area contributed by atoms with Gasteiger partial charge in [-0.05, 0) is 24.6 Å². The van der Waals surface area contributed by atoms with Crippen LogP contribution in [0.4, 0.5) is 10.1 Å². The molecule has 0 saturated heterocycles. The average Bonchev–Trinajstić information content (AvgIpc) is 2.37. The number of esters is 1. The summed E-state index contributed by atoms with van der Waals surface area (Å²) in [6, 6.07) is 5.21. The second-order valence-corrected chi connectivity index (χ2v) is 3.98. The normalized spacial score (nSPS) is 12.8. The number of amides is 1. The molecular weight excluding hydrogens is 287 g/mol. The van der Waals surface area contributed by atoms with E-state index in [1.807, 2.05) is 0 Å². The third-order valence-corrected chi connectivity index (χ3v) is 2.44. The maximum atomic E-state index is 13.7. The first-order valence-corrected chi connectivity index (χ1v) is 5.89. The Morgan fingerprint density at radius 1 is 1.35 bits per heavy atom. The maximum absolute atomic E-state index is 13.7. The zero-order chi connectivity index (χ0) is 14.4. The lowest BCUT2D eigenvalue weighted by molar-refractivity contribution is -0.149. The van der Waals surface area contributed by atoms with Crippen LogP contribution in [0.25, 0.3) is 0 Å². The van der Waals surface area contributed by atoms with E-state index in [-0.39, 0.29) is 24.9 Å². The molecule has 0 spiro atoms. The van der Waals surface area contributed by atoms with E-state index in [0.29, 0.717) is 11.3 Å². The van der Waals surface area contributed by atoms with Crippen LogP contribution in [0.1, 0.15) is 25.5 Å². The number of rotatable bonds is 5. The second kappa shape index (κ2) is 8.50. The summed E-state index contributed by atoms with van der Waals surface area (Å²) < 4.78 is 18.3. The van der Waals surface area contributed by atoms with Crippen LogP contribution in [0.2, 0.25) is 0 Å². The molecule has 1 amide bonds. The van der Waals surface area contributed by atoms with Crippen LogP contribution in [-0.4, -0.2) is 24.7 Å². The van der Waals surface area contributed by atoms with Crippen molar-refractivity contribution >= 4 is 30.0 Å². The molecule has 1 unspecified atom stereocenters. The number of ether oxygens (including phenoxy) is 1. The van der Waals surface area contributed by atoms with Crippen LogP contribution in [-0.2, 0) is 14.3 Å². The minimum Gasteiger partial charge on any atom is -0.464 e. The van der Waals surface area contributed by atoms with Crippen molar-refractivity contribution in [2.75, 3.05) is 11.9 Å². The standard InChI is InChI=1S/C13H17FN2O3.ClH/c1-3-19-13(18)11(14)12(15)9-4-6-10(7-5-9)16-8(2)17;/h4-7,11-12H,3,15H2,1-2H3,(H,16,17);1H/t11?,12-;/m0./s1. The smallest absolute Gasteiger partial charge is 0.342 e. The Bertz CT molecular complexity index is 453. The summed E-state index contributed by atoms with van der Waals surface area (Å²) in [6.45, 7) is 3.09. The molecule has 5 nitrogen and oxygen atoms in total. The molecule has 0 fully saturated rings. The third-order valence-electron chi connectivity index (χ3n) is 2.44. The predicted octanol–water partition coefficient (Wildman–Crippen LogP) is 1.97. The second-order valence-electron chi connectivity index (χ2n) is 3.98. The Labute approximate surface area is 123 Å². The highest BCUT2D eigenvalue weighted by Crippen LogP contribution is 2.20. The van der Waals surface area contributed by atoms with Crippen molar-refractivity contribution in [2.24, 2.45) is 5.73 Å². The van der Waals surface area contributed by atoms with Crippen molar-refractivity contribution in [3.05, 3.63) is 29.8 Å². The molecule has 2 atom stereocenters. The van der Waals surface area contributed by atoms with Crippen molar-refractivity contribution < 1.29 is 18.7 Å². The number of alkyl halides is 1. The van der Waals surface area contributed by atoms with E-state index in [1.165, 1.54) is 6.92 Å². The van der Waals surface area contributed by atoms with Crippen LogP contribution in [0.15, 0.2) is 24.3 Å². The Morgan fingerprint density at radius 3 is 2.35 bits per heavy atom.